The van der Waals surface area contributed by atoms with Crippen LogP contribution in [0.15, 0.2) is 48.5 Å². The van der Waals surface area contributed by atoms with Gasteiger partial charge in [-0.05, 0) is 43.3 Å². The second kappa shape index (κ2) is 6.50. The van der Waals surface area contributed by atoms with Gasteiger partial charge in [0.15, 0.2) is 0 Å². The monoisotopic (exact) mass is 325 g/mol. The molecule has 0 radical (unpaired) electrons. The van der Waals surface area contributed by atoms with Gasteiger partial charge in [-0.3, -0.25) is 0 Å². The molecule has 0 N–H and O–H groups in total. The fourth-order valence-electron chi connectivity index (χ4n) is 2.36. The molecule has 1 aromatic heterocycles. The standard InChI is InChI=1S/C18H13F2N3O/c1-12-17(10-21)18(11-24-16-4-2-3-14(20)9-16)23(22-12)15-7-5-13(19)6-8-15/h2-9H,11H2,1H3. The molecular formula is C18H13F2N3O. The molecule has 6 heteroatoms. The van der Waals surface area contributed by atoms with Crippen LogP contribution in [0.4, 0.5) is 8.78 Å². The predicted octanol–water partition coefficient (Wildman–Crippen LogP) is 3.91. The number of hydrogen-bond donors (Lipinski definition) is 0. The topological polar surface area (TPSA) is 50.8 Å². The molecule has 0 unspecified atom stereocenters. The van der Waals surface area contributed by atoms with Crippen molar-refractivity contribution in [3.8, 4) is 17.5 Å². The lowest BCUT2D eigenvalue weighted by Crippen LogP contribution is -2.07. The molecule has 3 aromatic rings. The Morgan fingerprint density at radius 2 is 1.88 bits per heavy atom. The van der Waals surface area contributed by atoms with Crippen molar-refractivity contribution >= 4 is 0 Å². The Labute approximate surface area is 137 Å². The van der Waals surface area contributed by atoms with E-state index in [9.17, 15) is 14.0 Å². The quantitative estimate of drug-likeness (QED) is 0.731. The Hall–Kier alpha value is -3.20. The maximum atomic E-state index is 13.2. The van der Waals surface area contributed by atoms with E-state index in [-0.39, 0.29) is 12.4 Å². The van der Waals surface area contributed by atoms with Crippen LogP contribution in [0.1, 0.15) is 17.0 Å². The summed E-state index contributed by atoms with van der Waals surface area (Å²) in [4.78, 5) is 0. The summed E-state index contributed by atoms with van der Waals surface area (Å²) in [5.74, 6) is -0.416. The lowest BCUT2D eigenvalue weighted by molar-refractivity contribution is 0.295. The minimum Gasteiger partial charge on any atom is -0.487 e. The van der Waals surface area contributed by atoms with Crippen LogP contribution in [-0.4, -0.2) is 9.78 Å². The van der Waals surface area contributed by atoms with E-state index in [4.69, 9.17) is 4.74 Å². The van der Waals surface area contributed by atoms with Crippen molar-refractivity contribution in [1.82, 2.24) is 9.78 Å². The van der Waals surface area contributed by atoms with Gasteiger partial charge >= 0.3 is 0 Å². The molecule has 2 aromatic carbocycles. The van der Waals surface area contributed by atoms with Crippen molar-refractivity contribution in [3.63, 3.8) is 0 Å². The summed E-state index contributed by atoms with van der Waals surface area (Å²) in [6.07, 6.45) is 0. The Morgan fingerprint density at radius 1 is 1.12 bits per heavy atom. The number of halogens is 2. The van der Waals surface area contributed by atoms with Gasteiger partial charge in [-0.25, -0.2) is 13.5 Å². The van der Waals surface area contributed by atoms with Crippen molar-refractivity contribution in [2.24, 2.45) is 0 Å². The van der Waals surface area contributed by atoms with E-state index in [0.717, 1.165) is 0 Å². The van der Waals surface area contributed by atoms with Crippen LogP contribution >= 0.6 is 0 Å². The lowest BCUT2D eigenvalue weighted by Gasteiger charge is -2.10. The molecule has 0 saturated carbocycles. The average molecular weight is 325 g/mol. The van der Waals surface area contributed by atoms with Crippen LogP contribution in [0, 0.1) is 29.9 Å². The molecule has 0 aliphatic carbocycles. The molecule has 0 amide bonds. The van der Waals surface area contributed by atoms with E-state index in [2.05, 4.69) is 11.2 Å². The Balaban J connectivity index is 1.96. The number of aryl methyl sites for hydroxylation is 1. The lowest BCUT2D eigenvalue weighted by atomic mass is 10.2. The van der Waals surface area contributed by atoms with Gasteiger partial charge < -0.3 is 4.74 Å². The van der Waals surface area contributed by atoms with Gasteiger partial charge in [0.25, 0.3) is 0 Å². The summed E-state index contributed by atoms with van der Waals surface area (Å²) >= 11 is 0. The first-order chi connectivity index (χ1) is 11.6. The molecule has 120 valence electrons. The van der Waals surface area contributed by atoms with Gasteiger partial charge in [0.2, 0.25) is 0 Å². The predicted molar refractivity (Wildman–Crippen MR) is 83.7 cm³/mol. The van der Waals surface area contributed by atoms with Crippen LogP contribution in [0.5, 0.6) is 5.75 Å². The summed E-state index contributed by atoms with van der Waals surface area (Å²) in [6, 6.07) is 13.6. The van der Waals surface area contributed by atoms with Gasteiger partial charge in [0.05, 0.1) is 17.1 Å². The average Bonchev–Trinajstić information content (AvgIpc) is 2.89. The van der Waals surface area contributed by atoms with Crippen molar-refractivity contribution in [1.29, 1.82) is 5.26 Å². The van der Waals surface area contributed by atoms with Gasteiger partial charge in [-0.15, -0.1) is 0 Å². The first-order valence-electron chi connectivity index (χ1n) is 7.21. The van der Waals surface area contributed by atoms with E-state index in [0.29, 0.717) is 28.4 Å². The van der Waals surface area contributed by atoms with Crippen LogP contribution in [-0.2, 0) is 6.61 Å². The molecule has 3 rings (SSSR count). The zero-order valence-corrected chi connectivity index (χ0v) is 12.8. The number of benzene rings is 2. The molecule has 0 aliphatic rings. The Kier molecular flexibility index (Phi) is 4.25. The molecule has 1 heterocycles. The summed E-state index contributed by atoms with van der Waals surface area (Å²) in [6.45, 7) is 1.74. The molecule has 24 heavy (non-hydrogen) atoms. The highest BCUT2D eigenvalue weighted by atomic mass is 19.1. The summed E-state index contributed by atoms with van der Waals surface area (Å²) in [7, 11) is 0. The second-order valence-electron chi connectivity index (χ2n) is 5.15. The highest BCUT2D eigenvalue weighted by Crippen LogP contribution is 2.21. The zero-order valence-electron chi connectivity index (χ0n) is 12.8. The Morgan fingerprint density at radius 3 is 2.54 bits per heavy atom. The normalized spacial score (nSPS) is 10.4. The number of nitriles is 1. The van der Waals surface area contributed by atoms with Crippen molar-refractivity contribution in [3.05, 3.63) is 77.1 Å². The highest BCUT2D eigenvalue weighted by molar-refractivity contribution is 5.43. The van der Waals surface area contributed by atoms with Gasteiger partial charge in [0.1, 0.15) is 35.6 Å². The third kappa shape index (κ3) is 3.10. The Bertz CT molecular complexity index is 911. The van der Waals surface area contributed by atoms with Crippen LogP contribution in [0.25, 0.3) is 5.69 Å². The van der Waals surface area contributed by atoms with Crippen LogP contribution < -0.4 is 4.74 Å². The van der Waals surface area contributed by atoms with E-state index in [1.165, 1.54) is 28.9 Å². The largest absolute Gasteiger partial charge is 0.487 e. The van der Waals surface area contributed by atoms with Crippen LogP contribution in [0.2, 0.25) is 0 Å². The zero-order chi connectivity index (χ0) is 17.1. The number of rotatable bonds is 4. The molecule has 0 aliphatic heterocycles. The summed E-state index contributed by atoms with van der Waals surface area (Å²) < 4.78 is 33.5. The van der Waals surface area contributed by atoms with Crippen molar-refractivity contribution in [2.45, 2.75) is 13.5 Å². The maximum Gasteiger partial charge on any atom is 0.132 e. The van der Waals surface area contributed by atoms with Crippen molar-refractivity contribution < 1.29 is 13.5 Å². The maximum absolute atomic E-state index is 13.2. The molecule has 0 saturated heterocycles. The smallest absolute Gasteiger partial charge is 0.132 e. The number of hydrogen-bond acceptors (Lipinski definition) is 3. The molecule has 4 nitrogen and oxygen atoms in total. The van der Waals surface area contributed by atoms with E-state index in [1.54, 1.807) is 31.2 Å². The first-order valence-corrected chi connectivity index (χ1v) is 7.21. The molecule has 0 bridgehead atoms. The summed E-state index contributed by atoms with van der Waals surface area (Å²) in [5, 5.41) is 13.7. The fourth-order valence-corrected chi connectivity index (χ4v) is 2.36. The molecule has 0 atom stereocenters. The molecule has 0 fully saturated rings. The minimum atomic E-state index is -0.406. The summed E-state index contributed by atoms with van der Waals surface area (Å²) in [5.41, 5.74) is 2.06. The van der Waals surface area contributed by atoms with Gasteiger partial charge in [-0.2, -0.15) is 10.4 Å². The minimum absolute atomic E-state index is 0.0323. The SMILES string of the molecule is Cc1nn(-c2ccc(F)cc2)c(COc2cccc(F)c2)c1C#N. The molecular weight excluding hydrogens is 312 g/mol. The van der Waals surface area contributed by atoms with Crippen molar-refractivity contribution in [2.75, 3.05) is 0 Å². The van der Waals surface area contributed by atoms with E-state index in [1.807, 2.05) is 0 Å². The fraction of sp³-hybridized carbons (Fsp3) is 0.111. The van der Waals surface area contributed by atoms with Gasteiger partial charge in [0, 0.05) is 6.07 Å². The third-order valence-corrected chi connectivity index (χ3v) is 3.51. The first kappa shape index (κ1) is 15.7. The second-order valence-corrected chi connectivity index (χ2v) is 5.15. The highest BCUT2D eigenvalue weighted by Gasteiger charge is 2.17. The van der Waals surface area contributed by atoms with E-state index < -0.39 is 5.82 Å². The third-order valence-electron chi connectivity index (χ3n) is 3.51. The van der Waals surface area contributed by atoms with Gasteiger partial charge in [-0.1, -0.05) is 6.07 Å². The molecule has 0 spiro atoms. The number of aromatic nitrogens is 2. The number of ether oxygens (including phenoxy) is 1. The van der Waals surface area contributed by atoms with E-state index >= 15 is 0 Å². The number of nitrogens with zero attached hydrogens (tertiary/aromatic N) is 3. The van der Waals surface area contributed by atoms with Crippen LogP contribution in [0.3, 0.4) is 0 Å².